The molecule has 27 heavy (non-hydrogen) atoms. The van der Waals surface area contributed by atoms with Gasteiger partial charge in [-0.2, -0.15) is 5.10 Å². The molecule has 0 saturated carbocycles. The highest BCUT2D eigenvalue weighted by molar-refractivity contribution is 7.71. The fourth-order valence-corrected chi connectivity index (χ4v) is 4.55. The molecule has 0 radical (unpaired) electrons. The van der Waals surface area contributed by atoms with Gasteiger partial charge in [-0.05, 0) is 29.7 Å². The van der Waals surface area contributed by atoms with Gasteiger partial charge in [0.15, 0.2) is 9.90 Å². The maximum absolute atomic E-state index is 12.5. The zero-order valence-electron chi connectivity index (χ0n) is 14.1. The second kappa shape index (κ2) is 7.55. The Morgan fingerprint density at radius 2 is 2.26 bits per heavy atom. The molecule has 1 aromatic carbocycles. The zero-order chi connectivity index (χ0) is 18.8. The van der Waals surface area contributed by atoms with Crippen molar-refractivity contribution in [1.82, 2.24) is 19.7 Å². The van der Waals surface area contributed by atoms with Crippen LogP contribution in [0.4, 0.5) is 5.13 Å². The number of nitrogens with one attached hydrogen (secondary N) is 2. The summed E-state index contributed by atoms with van der Waals surface area (Å²) in [5.41, 5.74) is 0.825. The highest BCUT2D eigenvalue weighted by Crippen LogP contribution is 2.26. The molecule has 0 bridgehead atoms. The van der Waals surface area contributed by atoms with Gasteiger partial charge in [0, 0.05) is 16.6 Å². The minimum atomic E-state index is -0.147. The largest absolute Gasteiger partial charge is 0.300 e. The van der Waals surface area contributed by atoms with Crippen molar-refractivity contribution < 1.29 is 4.79 Å². The molecule has 6 nitrogen and oxygen atoms in total. The van der Waals surface area contributed by atoms with Crippen molar-refractivity contribution in [1.29, 1.82) is 0 Å². The van der Waals surface area contributed by atoms with E-state index in [0.717, 1.165) is 21.6 Å². The van der Waals surface area contributed by atoms with Gasteiger partial charge in [0.1, 0.15) is 5.82 Å². The summed E-state index contributed by atoms with van der Waals surface area (Å²) in [5, 5.41) is 13.5. The number of benzene rings is 1. The van der Waals surface area contributed by atoms with Gasteiger partial charge in [0.2, 0.25) is 0 Å². The van der Waals surface area contributed by atoms with Crippen molar-refractivity contribution in [2.45, 2.75) is 13.0 Å². The number of hydrogen-bond donors (Lipinski definition) is 2. The van der Waals surface area contributed by atoms with E-state index in [1.54, 1.807) is 6.08 Å². The van der Waals surface area contributed by atoms with E-state index < -0.39 is 0 Å². The molecular weight excluding hydrogens is 398 g/mol. The third kappa shape index (κ3) is 3.75. The Labute approximate surface area is 168 Å². The molecule has 3 heterocycles. The van der Waals surface area contributed by atoms with Crippen LogP contribution in [-0.4, -0.2) is 25.7 Å². The average Bonchev–Trinajstić information content (AvgIpc) is 3.37. The summed E-state index contributed by atoms with van der Waals surface area (Å²) in [6, 6.07) is 9.84. The number of H-pyrrole nitrogens is 1. The molecule has 2 N–H and O–H groups in total. The molecule has 0 saturated heterocycles. The van der Waals surface area contributed by atoms with E-state index in [4.69, 9.17) is 12.2 Å². The molecule has 136 valence electrons. The molecule has 4 rings (SSSR count). The number of fused-ring (bicyclic) bond motifs is 1. The lowest BCUT2D eigenvalue weighted by molar-refractivity contribution is 0.103. The molecule has 4 aromatic rings. The molecule has 0 aliphatic rings. The predicted molar refractivity (Wildman–Crippen MR) is 112 cm³/mol. The van der Waals surface area contributed by atoms with Gasteiger partial charge in [-0.25, -0.2) is 4.98 Å². The first-order chi connectivity index (χ1) is 13.1. The summed E-state index contributed by atoms with van der Waals surface area (Å²) in [4.78, 5) is 17.7. The smallest absolute Gasteiger partial charge is 0.267 e. The minimum absolute atomic E-state index is 0.147. The number of hydrogen-bond acceptors (Lipinski definition) is 6. The maximum atomic E-state index is 12.5. The van der Waals surface area contributed by atoms with Gasteiger partial charge in [-0.15, -0.1) is 29.3 Å². The van der Waals surface area contributed by atoms with Crippen LogP contribution in [0.1, 0.15) is 21.2 Å². The number of aromatic amines is 1. The topological polar surface area (TPSA) is 75.6 Å². The van der Waals surface area contributed by atoms with Crippen molar-refractivity contribution in [3.05, 3.63) is 69.5 Å². The van der Waals surface area contributed by atoms with Crippen LogP contribution in [0.2, 0.25) is 0 Å². The quantitative estimate of drug-likeness (QED) is 0.357. The summed E-state index contributed by atoms with van der Waals surface area (Å²) in [6.45, 7) is 4.32. The number of thiophene rings is 1. The maximum Gasteiger partial charge on any atom is 0.267 e. The number of anilines is 1. The summed E-state index contributed by atoms with van der Waals surface area (Å²) < 4.78 is 3.52. The Hall–Kier alpha value is -2.62. The number of allylic oxidation sites excluding steroid dienone is 1. The predicted octanol–water partition coefficient (Wildman–Crippen LogP) is 4.64. The zero-order valence-corrected chi connectivity index (χ0v) is 16.6. The number of carbonyl (C=O) groups is 1. The second-order valence-electron chi connectivity index (χ2n) is 5.77. The van der Waals surface area contributed by atoms with Gasteiger partial charge >= 0.3 is 0 Å². The fraction of sp³-hybridized carbons (Fsp3) is 0.111. The lowest BCUT2D eigenvalue weighted by Crippen LogP contribution is -2.10. The van der Waals surface area contributed by atoms with Crippen LogP contribution in [-0.2, 0) is 13.0 Å². The monoisotopic (exact) mass is 413 g/mol. The van der Waals surface area contributed by atoms with E-state index in [0.29, 0.717) is 27.7 Å². The first-order valence-corrected chi connectivity index (χ1v) is 10.2. The Bertz CT molecular complexity index is 1150. The molecule has 0 fully saturated rings. The lowest BCUT2D eigenvalue weighted by atomic mass is 10.2. The summed E-state index contributed by atoms with van der Waals surface area (Å²) >= 11 is 8.09. The summed E-state index contributed by atoms with van der Waals surface area (Å²) in [6.07, 6.45) is 2.29. The number of thiazole rings is 1. The third-order valence-electron chi connectivity index (χ3n) is 3.91. The number of rotatable bonds is 6. The van der Waals surface area contributed by atoms with E-state index in [2.05, 4.69) is 27.1 Å². The van der Waals surface area contributed by atoms with Crippen molar-refractivity contribution in [2.24, 2.45) is 0 Å². The van der Waals surface area contributed by atoms with Gasteiger partial charge in [0.25, 0.3) is 5.91 Å². The molecule has 0 aliphatic carbocycles. The van der Waals surface area contributed by atoms with Crippen molar-refractivity contribution in [3.63, 3.8) is 0 Å². The van der Waals surface area contributed by atoms with Crippen LogP contribution in [0.3, 0.4) is 0 Å². The SMILES string of the molecule is C=CCn1c(Cc2csc(NC(=O)c3cc4ccccc4s3)n2)n[nH]c1=S. The van der Waals surface area contributed by atoms with Crippen LogP contribution < -0.4 is 5.32 Å². The van der Waals surface area contributed by atoms with E-state index in [1.807, 2.05) is 40.3 Å². The van der Waals surface area contributed by atoms with Crippen LogP contribution in [0.5, 0.6) is 0 Å². The average molecular weight is 414 g/mol. The highest BCUT2D eigenvalue weighted by Gasteiger charge is 2.14. The normalized spacial score (nSPS) is 11.0. The molecule has 0 atom stereocenters. The van der Waals surface area contributed by atoms with Gasteiger partial charge in [-0.1, -0.05) is 24.3 Å². The Morgan fingerprint density at radius 3 is 3.07 bits per heavy atom. The summed E-state index contributed by atoms with van der Waals surface area (Å²) in [7, 11) is 0. The molecule has 0 unspecified atom stereocenters. The van der Waals surface area contributed by atoms with E-state index in [-0.39, 0.29) is 5.91 Å². The van der Waals surface area contributed by atoms with Crippen LogP contribution >= 0.6 is 34.9 Å². The fourth-order valence-electron chi connectivity index (χ4n) is 2.66. The highest BCUT2D eigenvalue weighted by atomic mass is 32.1. The number of amides is 1. The molecule has 0 aliphatic heterocycles. The Kier molecular flexibility index (Phi) is 4.97. The Morgan fingerprint density at radius 1 is 1.41 bits per heavy atom. The molecule has 9 heteroatoms. The molecule has 0 spiro atoms. The van der Waals surface area contributed by atoms with Crippen molar-refractivity contribution in [2.75, 3.05) is 5.32 Å². The van der Waals surface area contributed by atoms with Gasteiger partial charge in [-0.3, -0.25) is 19.8 Å². The van der Waals surface area contributed by atoms with E-state index in [1.165, 1.54) is 22.7 Å². The standard InChI is InChI=1S/C18H15N5OS3/c1-2-7-23-15(21-22-18(23)25)9-12-10-26-17(19-12)20-16(24)14-8-11-5-3-4-6-13(11)27-14/h2-6,8,10H,1,7,9H2,(H,22,25)(H,19,20,24). The number of aromatic nitrogens is 4. The van der Waals surface area contributed by atoms with Crippen LogP contribution in [0.25, 0.3) is 10.1 Å². The molecular formula is C18H15N5OS3. The number of carbonyl (C=O) groups excluding carboxylic acids is 1. The van der Waals surface area contributed by atoms with Crippen molar-refractivity contribution >= 4 is 56.0 Å². The third-order valence-corrected chi connectivity index (χ3v) is 6.14. The van der Waals surface area contributed by atoms with Crippen molar-refractivity contribution in [3.8, 4) is 0 Å². The lowest BCUT2D eigenvalue weighted by Gasteiger charge is -2.01. The molecule has 3 aromatic heterocycles. The van der Waals surface area contributed by atoms with Crippen LogP contribution in [0.15, 0.2) is 48.4 Å². The minimum Gasteiger partial charge on any atom is -0.300 e. The van der Waals surface area contributed by atoms with E-state index in [9.17, 15) is 4.79 Å². The van der Waals surface area contributed by atoms with Gasteiger partial charge < -0.3 is 0 Å². The van der Waals surface area contributed by atoms with Crippen LogP contribution in [0, 0.1) is 4.77 Å². The van der Waals surface area contributed by atoms with Gasteiger partial charge in [0.05, 0.1) is 17.0 Å². The molecule has 1 amide bonds. The first-order valence-electron chi connectivity index (χ1n) is 8.13. The number of nitrogens with zero attached hydrogens (tertiary/aromatic N) is 3. The Balaban J connectivity index is 1.48. The summed E-state index contributed by atoms with van der Waals surface area (Å²) in [5.74, 6) is 0.638. The first kappa shape index (κ1) is 17.8. The van der Waals surface area contributed by atoms with E-state index >= 15 is 0 Å². The second-order valence-corrected chi connectivity index (χ2v) is 8.10.